The Morgan fingerprint density at radius 1 is 1.03 bits per heavy atom. The Kier molecular flexibility index (Phi) is 6.86. The lowest BCUT2D eigenvalue weighted by atomic mass is 10.0. The number of aliphatic hydroxyl groups excluding tert-OH is 2. The number of carbonyl (C=O) groups excluding carboxylic acids is 2. The van der Waals surface area contributed by atoms with E-state index in [9.17, 15) is 19.8 Å². The third kappa shape index (κ3) is 4.97. The van der Waals surface area contributed by atoms with Gasteiger partial charge in [-0.2, -0.15) is 5.10 Å². The quantitative estimate of drug-likeness (QED) is 0.513. The van der Waals surface area contributed by atoms with Gasteiger partial charge in [-0.1, -0.05) is 42.5 Å². The summed E-state index contributed by atoms with van der Waals surface area (Å²) in [5.41, 5.74) is 2.67. The molecule has 33 heavy (non-hydrogen) atoms. The highest BCUT2D eigenvalue weighted by molar-refractivity contribution is 5.91. The Balaban J connectivity index is 1.37. The van der Waals surface area contributed by atoms with Gasteiger partial charge < -0.3 is 20.4 Å². The highest BCUT2D eigenvalue weighted by atomic mass is 16.3. The zero-order chi connectivity index (χ0) is 23.4. The van der Waals surface area contributed by atoms with E-state index < -0.39 is 30.1 Å². The molecule has 2 amide bonds. The molecule has 8 nitrogen and oxygen atoms in total. The van der Waals surface area contributed by atoms with Crippen LogP contribution in [-0.2, 0) is 9.59 Å². The monoisotopic (exact) mass is 448 g/mol. The highest BCUT2D eigenvalue weighted by Gasteiger charge is 2.38. The normalized spacial score (nSPS) is 18.5. The summed E-state index contributed by atoms with van der Waals surface area (Å²) in [5, 5.41) is 27.8. The van der Waals surface area contributed by atoms with Crippen LogP contribution in [0, 0.1) is 0 Å². The van der Waals surface area contributed by atoms with Crippen molar-refractivity contribution in [3.63, 3.8) is 0 Å². The summed E-state index contributed by atoms with van der Waals surface area (Å²) in [7, 11) is 0. The molecular weight excluding hydrogens is 420 g/mol. The molecule has 8 heteroatoms. The first-order valence-electron chi connectivity index (χ1n) is 11.1. The lowest BCUT2D eigenvalue weighted by Gasteiger charge is -2.29. The molecule has 3 N–H and O–H groups in total. The molecule has 2 heterocycles. The van der Waals surface area contributed by atoms with Crippen molar-refractivity contribution in [2.75, 3.05) is 6.54 Å². The molecule has 0 unspecified atom stereocenters. The first kappa shape index (κ1) is 22.7. The van der Waals surface area contributed by atoms with E-state index in [-0.39, 0.29) is 6.04 Å². The van der Waals surface area contributed by atoms with Crippen molar-refractivity contribution in [1.82, 2.24) is 20.0 Å². The summed E-state index contributed by atoms with van der Waals surface area (Å²) in [6.07, 6.45) is 1.40. The van der Waals surface area contributed by atoms with E-state index in [2.05, 4.69) is 10.4 Å². The van der Waals surface area contributed by atoms with E-state index >= 15 is 0 Å². The molecule has 0 spiro atoms. The predicted octanol–water partition coefficient (Wildman–Crippen LogP) is 2.13. The maximum absolute atomic E-state index is 12.9. The number of aromatic nitrogens is 2. The number of nitrogens with one attached hydrogen (secondary N) is 1. The van der Waals surface area contributed by atoms with Crippen LogP contribution in [0.5, 0.6) is 0 Å². The molecule has 1 aliphatic heterocycles. The maximum atomic E-state index is 12.9. The average molecular weight is 449 g/mol. The van der Waals surface area contributed by atoms with Gasteiger partial charge in [0, 0.05) is 18.9 Å². The first-order chi connectivity index (χ1) is 16.0. The number of carbonyl (C=O) groups is 2. The Bertz CT molecular complexity index is 1070. The summed E-state index contributed by atoms with van der Waals surface area (Å²) < 4.78 is 1.72. The number of hydrogen-bond acceptors (Lipinski definition) is 5. The van der Waals surface area contributed by atoms with Gasteiger partial charge in [0.15, 0.2) is 12.2 Å². The fraction of sp³-hybridized carbons (Fsp3) is 0.320. The number of likely N-dealkylation sites (tertiary alicyclic amines) is 1. The van der Waals surface area contributed by atoms with E-state index in [1.807, 2.05) is 66.9 Å². The Labute approximate surface area is 192 Å². The Hall–Kier alpha value is -3.49. The van der Waals surface area contributed by atoms with Gasteiger partial charge in [0.1, 0.15) is 0 Å². The molecule has 0 saturated carbocycles. The summed E-state index contributed by atoms with van der Waals surface area (Å²) in [6.45, 7) is 2.25. The van der Waals surface area contributed by atoms with Crippen LogP contribution in [0.3, 0.4) is 0 Å². The third-order valence-electron chi connectivity index (χ3n) is 6.06. The van der Waals surface area contributed by atoms with Crippen molar-refractivity contribution < 1.29 is 19.8 Å². The zero-order valence-corrected chi connectivity index (χ0v) is 18.4. The summed E-state index contributed by atoms with van der Waals surface area (Å²) >= 11 is 0. The van der Waals surface area contributed by atoms with Crippen molar-refractivity contribution in [2.45, 2.75) is 44.1 Å². The van der Waals surface area contributed by atoms with Gasteiger partial charge in [-0.15, -0.1) is 0 Å². The topological polar surface area (TPSA) is 108 Å². The fourth-order valence-corrected chi connectivity index (χ4v) is 4.22. The minimum atomic E-state index is -1.86. The van der Waals surface area contributed by atoms with Gasteiger partial charge in [-0.05, 0) is 49.1 Å². The molecular formula is C25H28N4O4. The number of benzene rings is 2. The van der Waals surface area contributed by atoms with Crippen LogP contribution in [0.15, 0.2) is 73.1 Å². The number of hydrogen-bond donors (Lipinski definition) is 3. The van der Waals surface area contributed by atoms with Gasteiger partial charge >= 0.3 is 0 Å². The van der Waals surface area contributed by atoms with Crippen LogP contribution in [0.2, 0.25) is 0 Å². The van der Waals surface area contributed by atoms with Crippen LogP contribution >= 0.6 is 0 Å². The van der Waals surface area contributed by atoms with Crippen LogP contribution in [-0.4, -0.2) is 55.5 Å². The van der Waals surface area contributed by atoms with Crippen molar-refractivity contribution in [3.05, 3.63) is 84.2 Å². The molecule has 2 aromatic carbocycles. The van der Waals surface area contributed by atoms with Crippen LogP contribution in [0.25, 0.3) is 5.69 Å². The lowest BCUT2D eigenvalue weighted by Crippen LogP contribution is -2.50. The molecule has 0 aliphatic carbocycles. The van der Waals surface area contributed by atoms with E-state index in [0.717, 1.165) is 29.7 Å². The summed E-state index contributed by atoms with van der Waals surface area (Å²) in [4.78, 5) is 27.0. The minimum absolute atomic E-state index is 0.171. The van der Waals surface area contributed by atoms with Gasteiger partial charge in [0.2, 0.25) is 0 Å². The van der Waals surface area contributed by atoms with Crippen LogP contribution in [0.4, 0.5) is 0 Å². The molecule has 0 bridgehead atoms. The largest absolute Gasteiger partial charge is 0.380 e. The zero-order valence-electron chi connectivity index (χ0n) is 18.4. The first-order valence-corrected chi connectivity index (χ1v) is 11.1. The SMILES string of the molecule is C[C@@H](NC(=O)[C@H](O)[C@@H](O)C(=O)N1CCC[C@@H]1c1ccccc1)c1ccc(-n2cccn2)cc1. The van der Waals surface area contributed by atoms with Crippen LogP contribution < -0.4 is 5.32 Å². The molecule has 4 rings (SSSR count). The molecule has 1 fully saturated rings. The van der Waals surface area contributed by atoms with Gasteiger partial charge in [0.25, 0.3) is 11.8 Å². The van der Waals surface area contributed by atoms with Crippen LogP contribution in [0.1, 0.15) is 43.0 Å². The van der Waals surface area contributed by atoms with E-state index in [0.29, 0.717) is 6.54 Å². The summed E-state index contributed by atoms with van der Waals surface area (Å²) in [6, 6.07) is 18.3. The molecule has 3 aromatic rings. The smallest absolute Gasteiger partial charge is 0.255 e. The Morgan fingerprint density at radius 2 is 1.76 bits per heavy atom. The Morgan fingerprint density at radius 3 is 2.42 bits per heavy atom. The minimum Gasteiger partial charge on any atom is -0.380 e. The third-order valence-corrected chi connectivity index (χ3v) is 6.06. The average Bonchev–Trinajstić information content (AvgIpc) is 3.56. The fourth-order valence-electron chi connectivity index (χ4n) is 4.22. The lowest BCUT2D eigenvalue weighted by molar-refractivity contribution is -0.154. The van der Waals surface area contributed by atoms with Gasteiger partial charge in [-0.3, -0.25) is 9.59 Å². The maximum Gasteiger partial charge on any atom is 0.255 e. The molecule has 172 valence electrons. The van der Waals surface area contributed by atoms with E-state index in [4.69, 9.17) is 0 Å². The predicted molar refractivity (Wildman–Crippen MR) is 122 cm³/mol. The number of aliphatic hydroxyl groups is 2. The van der Waals surface area contributed by atoms with E-state index in [1.54, 1.807) is 22.7 Å². The van der Waals surface area contributed by atoms with Gasteiger partial charge in [0.05, 0.1) is 17.8 Å². The van der Waals surface area contributed by atoms with Crippen molar-refractivity contribution >= 4 is 11.8 Å². The van der Waals surface area contributed by atoms with Crippen molar-refractivity contribution in [2.24, 2.45) is 0 Å². The van der Waals surface area contributed by atoms with Gasteiger partial charge in [-0.25, -0.2) is 4.68 Å². The standard InChI is InChI=1S/C25H28N4O4/c1-17(18-10-12-20(13-11-18)29-16-6-14-26-29)27-24(32)22(30)23(31)25(33)28-15-5-9-21(28)19-7-3-2-4-8-19/h2-4,6-8,10-14,16-17,21-23,30-31H,5,9,15H2,1H3,(H,27,32)/t17-,21-,22-,23-/m1/s1. The molecule has 1 saturated heterocycles. The highest BCUT2D eigenvalue weighted by Crippen LogP contribution is 2.32. The van der Waals surface area contributed by atoms with Crippen molar-refractivity contribution in [1.29, 1.82) is 0 Å². The summed E-state index contributed by atoms with van der Waals surface area (Å²) in [5.74, 6) is -1.44. The molecule has 0 radical (unpaired) electrons. The molecule has 1 aliphatic rings. The van der Waals surface area contributed by atoms with Crippen molar-refractivity contribution in [3.8, 4) is 5.69 Å². The second-order valence-corrected chi connectivity index (χ2v) is 8.26. The number of rotatable bonds is 7. The number of nitrogens with zero attached hydrogens (tertiary/aromatic N) is 3. The second kappa shape index (κ2) is 9.97. The molecule has 1 aromatic heterocycles. The second-order valence-electron chi connectivity index (χ2n) is 8.26. The number of amides is 2. The molecule has 4 atom stereocenters. The van der Waals surface area contributed by atoms with E-state index in [1.165, 1.54) is 0 Å².